The Kier molecular flexibility index (Phi) is 4.24. The first-order chi connectivity index (χ1) is 12.7. The summed E-state index contributed by atoms with van der Waals surface area (Å²) >= 11 is 0. The predicted molar refractivity (Wildman–Crippen MR) is 103 cm³/mol. The van der Waals surface area contributed by atoms with E-state index in [0.717, 1.165) is 35.7 Å². The van der Waals surface area contributed by atoms with Crippen molar-refractivity contribution in [2.45, 2.75) is 19.4 Å². The Morgan fingerprint density at radius 2 is 1.73 bits per heavy atom. The minimum atomic E-state index is 0.0944. The molecule has 0 saturated carbocycles. The first-order valence-electron chi connectivity index (χ1n) is 8.80. The molecule has 4 rings (SSSR count). The number of hydrogen-bond donors (Lipinski definition) is 2. The third kappa shape index (κ3) is 2.59. The van der Waals surface area contributed by atoms with Crippen LogP contribution in [0, 0.1) is 6.92 Å². The summed E-state index contributed by atoms with van der Waals surface area (Å²) in [5.41, 5.74) is 6.08. The fraction of sp³-hybridized carbons (Fsp3) is 0.333. The molecule has 2 heterocycles. The molecular formula is C21H24N2O3. The van der Waals surface area contributed by atoms with Gasteiger partial charge in [-0.1, -0.05) is 0 Å². The number of H-pyrrole nitrogens is 1. The van der Waals surface area contributed by atoms with Gasteiger partial charge < -0.3 is 24.5 Å². The minimum absolute atomic E-state index is 0.0944. The molecule has 5 heteroatoms. The lowest BCUT2D eigenvalue weighted by molar-refractivity contribution is 0.353. The van der Waals surface area contributed by atoms with Gasteiger partial charge in [-0.25, -0.2) is 0 Å². The molecular weight excluding hydrogens is 328 g/mol. The van der Waals surface area contributed by atoms with E-state index < -0.39 is 0 Å². The highest BCUT2D eigenvalue weighted by Gasteiger charge is 2.27. The molecule has 1 aliphatic rings. The maximum atomic E-state index is 5.52. The van der Waals surface area contributed by atoms with Crippen LogP contribution in [-0.4, -0.2) is 32.9 Å². The Hall–Kier alpha value is -2.66. The average Bonchev–Trinajstić information content (AvgIpc) is 3.05. The molecule has 2 N–H and O–H groups in total. The maximum Gasteiger partial charge on any atom is 0.161 e. The van der Waals surface area contributed by atoms with Gasteiger partial charge in [0.1, 0.15) is 5.75 Å². The van der Waals surface area contributed by atoms with E-state index >= 15 is 0 Å². The molecule has 0 bridgehead atoms. The van der Waals surface area contributed by atoms with Crippen molar-refractivity contribution in [1.29, 1.82) is 0 Å². The van der Waals surface area contributed by atoms with Crippen LogP contribution in [0.4, 0.5) is 0 Å². The summed E-state index contributed by atoms with van der Waals surface area (Å²) in [5.74, 6) is 2.39. The molecule has 0 radical (unpaired) electrons. The molecule has 3 aromatic rings. The molecule has 26 heavy (non-hydrogen) atoms. The Labute approximate surface area is 153 Å². The van der Waals surface area contributed by atoms with E-state index in [1.54, 1.807) is 21.3 Å². The molecule has 2 aromatic carbocycles. The van der Waals surface area contributed by atoms with E-state index in [9.17, 15) is 0 Å². The molecule has 0 spiro atoms. The zero-order valence-corrected chi connectivity index (χ0v) is 15.6. The Balaban J connectivity index is 1.86. The van der Waals surface area contributed by atoms with Gasteiger partial charge in [-0.05, 0) is 60.4 Å². The van der Waals surface area contributed by atoms with Crippen molar-refractivity contribution in [3.05, 3.63) is 52.7 Å². The van der Waals surface area contributed by atoms with Gasteiger partial charge in [0.15, 0.2) is 11.5 Å². The Morgan fingerprint density at radius 3 is 2.46 bits per heavy atom. The Bertz CT molecular complexity index is 962. The number of methoxy groups -OCH3 is 3. The standard InChI is InChI=1S/C21H24N2O3/c1-12-9-18(25-3)19(26-4)11-15(12)20-21-14(7-8-22-20)16-10-13(24-2)5-6-17(16)23-21/h5-6,9-11,20,22-23H,7-8H2,1-4H3. The van der Waals surface area contributed by atoms with Gasteiger partial charge in [0.25, 0.3) is 0 Å². The highest BCUT2D eigenvalue weighted by molar-refractivity contribution is 5.86. The van der Waals surface area contributed by atoms with Crippen molar-refractivity contribution < 1.29 is 14.2 Å². The molecule has 1 aromatic heterocycles. The molecule has 0 saturated heterocycles. The number of nitrogens with one attached hydrogen (secondary N) is 2. The van der Waals surface area contributed by atoms with Crippen LogP contribution in [0.3, 0.4) is 0 Å². The van der Waals surface area contributed by atoms with E-state index in [0.29, 0.717) is 0 Å². The molecule has 1 aliphatic heterocycles. The summed E-state index contributed by atoms with van der Waals surface area (Å²) in [6.07, 6.45) is 0.991. The first-order valence-corrected chi connectivity index (χ1v) is 8.80. The lowest BCUT2D eigenvalue weighted by atomic mass is 9.91. The van der Waals surface area contributed by atoms with Crippen LogP contribution in [0.25, 0.3) is 10.9 Å². The lowest BCUT2D eigenvalue weighted by Crippen LogP contribution is -2.31. The monoisotopic (exact) mass is 352 g/mol. The smallest absolute Gasteiger partial charge is 0.161 e. The van der Waals surface area contributed by atoms with Crippen molar-refractivity contribution >= 4 is 10.9 Å². The normalized spacial score (nSPS) is 16.4. The number of hydrogen-bond acceptors (Lipinski definition) is 4. The number of rotatable bonds is 4. The fourth-order valence-electron chi connectivity index (χ4n) is 3.91. The van der Waals surface area contributed by atoms with Gasteiger partial charge in [-0.3, -0.25) is 0 Å². The second-order valence-electron chi connectivity index (χ2n) is 6.63. The molecule has 136 valence electrons. The maximum absolute atomic E-state index is 5.52. The van der Waals surface area contributed by atoms with Gasteiger partial charge in [-0.2, -0.15) is 0 Å². The predicted octanol–water partition coefficient (Wildman–Crippen LogP) is 3.74. The van der Waals surface area contributed by atoms with Crippen LogP contribution < -0.4 is 19.5 Å². The summed E-state index contributed by atoms with van der Waals surface area (Å²) in [5, 5.41) is 4.89. The van der Waals surface area contributed by atoms with Crippen molar-refractivity contribution in [3.63, 3.8) is 0 Å². The van der Waals surface area contributed by atoms with Gasteiger partial charge in [0.2, 0.25) is 0 Å². The summed E-state index contributed by atoms with van der Waals surface area (Å²) in [7, 11) is 5.04. The van der Waals surface area contributed by atoms with Gasteiger partial charge >= 0.3 is 0 Å². The Morgan fingerprint density at radius 1 is 0.962 bits per heavy atom. The van der Waals surface area contributed by atoms with E-state index in [4.69, 9.17) is 14.2 Å². The van der Waals surface area contributed by atoms with E-state index in [1.165, 1.54) is 27.8 Å². The van der Waals surface area contributed by atoms with Crippen molar-refractivity contribution in [2.75, 3.05) is 27.9 Å². The number of ether oxygens (including phenoxy) is 3. The average molecular weight is 352 g/mol. The molecule has 1 atom stereocenters. The van der Waals surface area contributed by atoms with Crippen LogP contribution in [-0.2, 0) is 6.42 Å². The number of aryl methyl sites for hydroxylation is 1. The quantitative estimate of drug-likeness (QED) is 0.751. The second-order valence-corrected chi connectivity index (χ2v) is 6.63. The van der Waals surface area contributed by atoms with Gasteiger partial charge in [0.05, 0.1) is 27.4 Å². The van der Waals surface area contributed by atoms with Crippen LogP contribution in [0.2, 0.25) is 0 Å². The van der Waals surface area contributed by atoms with Crippen molar-refractivity contribution in [3.8, 4) is 17.2 Å². The lowest BCUT2D eigenvalue weighted by Gasteiger charge is -2.27. The fourth-order valence-corrected chi connectivity index (χ4v) is 3.91. The highest BCUT2D eigenvalue weighted by atomic mass is 16.5. The van der Waals surface area contributed by atoms with Crippen molar-refractivity contribution in [1.82, 2.24) is 10.3 Å². The third-order valence-electron chi connectivity index (χ3n) is 5.24. The van der Waals surface area contributed by atoms with Crippen molar-refractivity contribution in [2.24, 2.45) is 0 Å². The summed E-state index contributed by atoms with van der Waals surface area (Å²) in [4.78, 5) is 3.62. The number of aromatic amines is 1. The number of fused-ring (bicyclic) bond motifs is 3. The summed E-state index contributed by atoms with van der Waals surface area (Å²) < 4.78 is 16.4. The van der Waals surface area contributed by atoms with Gasteiger partial charge in [0, 0.05) is 23.1 Å². The number of aromatic nitrogens is 1. The topological polar surface area (TPSA) is 55.5 Å². The largest absolute Gasteiger partial charge is 0.497 e. The molecule has 0 amide bonds. The zero-order valence-electron chi connectivity index (χ0n) is 15.6. The SMILES string of the molecule is COc1ccc2[nH]c3c(c2c1)CCNC3c1cc(OC)c(OC)cc1C. The molecule has 0 fully saturated rings. The van der Waals surface area contributed by atoms with Gasteiger partial charge in [-0.15, -0.1) is 0 Å². The summed E-state index contributed by atoms with van der Waals surface area (Å²) in [6.45, 7) is 3.04. The minimum Gasteiger partial charge on any atom is -0.497 e. The van der Waals surface area contributed by atoms with E-state index in [-0.39, 0.29) is 6.04 Å². The third-order valence-corrected chi connectivity index (χ3v) is 5.24. The van der Waals surface area contributed by atoms with Crippen LogP contribution >= 0.6 is 0 Å². The number of benzene rings is 2. The zero-order chi connectivity index (χ0) is 18.3. The van der Waals surface area contributed by atoms with Crippen LogP contribution in [0.1, 0.15) is 28.4 Å². The molecule has 5 nitrogen and oxygen atoms in total. The van der Waals surface area contributed by atoms with Crippen LogP contribution in [0.5, 0.6) is 17.2 Å². The van der Waals surface area contributed by atoms with E-state index in [1.807, 2.05) is 12.1 Å². The molecule has 0 aliphatic carbocycles. The van der Waals surface area contributed by atoms with Crippen LogP contribution in [0.15, 0.2) is 30.3 Å². The highest BCUT2D eigenvalue weighted by Crippen LogP contribution is 2.39. The van der Waals surface area contributed by atoms with E-state index in [2.05, 4.69) is 35.4 Å². The molecule has 1 unspecified atom stereocenters. The summed E-state index contributed by atoms with van der Waals surface area (Å²) in [6, 6.07) is 10.4. The second kappa shape index (κ2) is 6.57. The first kappa shape index (κ1) is 16.8.